The van der Waals surface area contributed by atoms with Crippen molar-refractivity contribution in [3.05, 3.63) is 66.2 Å². The van der Waals surface area contributed by atoms with Crippen LogP contribution in [0.3, 0.4) is 0 Å². The van der Waals surface area contributed by atoms with Gasteiger partial charge in [0.05, 0.1) is 18.1 Å². The number of carbonyl (C=O) groups is 1. The predicted molar refractivity (Wildman–Crippen MR) is 97.1 cm³/mol. The summed E-state index contributed by atoms with van der Waals surface area (Å²) in [7, 11) is -3.51. The lowest BCUT2D eigenvalue weighted by molar-refractivity contribution is -0.128. The maximum Gasteiger partial charge on any atom is 0.336 e. The van der Waals surface area contributed by atoms with Crippen molar-refractivity contribution < 1.29 is 22.7 Å². The van der Waals surface area contributed by atoms with E-state index in [0.717, 1.165) is 0 Å². The number of carbonyl (C=O) groups excluding carboxylic acids is 1. The molecule has 0 aromatic heterocycles. The first-order valence-electron chi connectivity index (χ1n) is 8.18. The Morgan fingerprint density at radius 1 is 1.00 bits per heavy atom. The lowest BCUT2D eigenvalue weighted by atomic mass is 10.2. The van der Waals surface area contributed by atoms with E-state index < -0.39 is 16.0 Å². The highest BCUT2D eigenvalue weighted by atomic mass is 32.2. The summed E-state index contributed by atoms with van der Waals surface area (Å²) in [6.07, 6.45) is 2.88. The third kappa shape index (κ3) is 4.57. The van der Waals surface area contributed by atoms with Gasteiger partial charge in [0.2, 0.25) is 10.0 Å². The number of morpholine rings is 1. The fraction of sp³-hybridized carbons (Fsp3) is 0.211. The molecule has 2 aromatic carbocycles. The maximum atomic E-state index is 12.5. The summed E-state index contributed by atoms with van der Waals surface area (Å²) in [6.45, 7) is 1.53. The van der Waals surface area contributed by atoms with Gasteiger partial charge in [-0.15, -0.1) is 0 Å². The number of hydrogen-bond acceptors (Lipinski definition) is 5. The van der Waals surface area contributed by atoms with E-state index in [1.807, 2.05) is 6.07 Å². The monoisotopic (exact) mass is 373 g/mol. The van der Waals surface area contributed by atoms with Crippen LogP contribution in [0.2, 0.25) is 0 Å². The van der Waals surface area contributed by atoms with E-state index in [4.69, 9.17) is 9.47 Å². The zero-order valence-corrected chi connectivity index (χ0v) is 14.9. The third-order valence-corrected chi connectivity index (χ3v) is 5.77. The first-order chi connectivity index (χ1) is 12.6. The summed E-state index contributed by atoms with van der Waals surface area (Å²) >= 11 is 0. The number of sulfonamides is 1. The molecule has 0 bridgehead atoms. The summed E-state index contributed by atoms with van der Waals surface area (Å²) in [4.78, 5) is 12.0. The minimum atomic E-state index is -3.51. The Labute approximate surface area is 152 Å². The van der Waals surface area contributed by atoms with Gasteiger partial charge in [-0.1, -0.05) is 30.3 Å². The molecule has 1 saturated heterocycles. The van der Waals surface area contributed by atoms with Crippen molar-refractivity contribution in [1.82, 2.24) is 4.31 Å². The van der Waals surface area contributed by atoms with Crippen molar-refractivity contribution in [3.8, 4) is 5.75 Å². The number of hydrogen-bond donors (Lipinski definition) is 0. The molecule has 0 spiro atoms. The highest BCUT2D eigenvalue weighted by Gasteiger charge is 2.25. The van der Waals surface area contributed by atoms with Crippen molar-refractivity contribution >= 4 is 22.1 Å². The molecule has 136 valence electrons. The van der Waals surface area contributed by atoms with Crippen LogP contribution >= 0.6 is 0 Å². The van der Waals surface area contributed by atoms with Gasteiger partial charge in [-0.2, -0.15) is 4.31 Å². The molecule has 3 rings (SSSR count). The third-order valence-electron chi connectivity index (χ3n) is 3.86. The smallest absolute Gasteiger partial charge is 0.336 e. The van der Waals surface area contributed by atoms with Gasteiger partial charge < -0.3 is 9.47 Å². The molecular formula is C19H19NO5S. The predicted octanol–water partition coefficient (Wildman–Crippen LogP) is 2.33. The second-order valence-electron chi connectivity index (χ2n) is 5.65. The van der Waals surface area contributed by atoms with Crippen LogP contribution < -0.4 is 4.74 Å². The molecular weight excluding hydrogens is 354 g/mol. The first kappa shape index (κ1) is 18.3. The number of para-hydroxylation sites is 1. The zero-order valence-electron chi connectivity index (χ0n) is 14.1. The Morgan fingerprint density at radius 2 is 1.65 bits per heavy atom. The molecule has 0 N–H and O–H groups in total. The number of nitrogens with zero attached hydrogens (tertiary/aromatic N) is 1. The van der Waals surface area contributed by atoms with Crippen molar-refractivity contribution in [3.63, 3.8) is 0 Å². The molecule has 1 heterocycles. The minimum absolute atomic E-state index is 0.225. The van der Waals surface area contributed by atoms with Gasteiger partial charge in [-0.3, -0.25) is 0 Å². The second kappa shape index (κ2) is 8.27. The molecule has 0 saturated carbocycles. The molecule has 1 fully saturated rings. The molecule has 26 heavy (non-hydrogen) atoms. The molecule has 7 heteroatoms. The van der Waals surface area contributed by atoms with E-state index >= 15 is 0 Å². The quantitative estimate of drug-likeness (QED) is 0.457. The van der Waals surface area contributed by atoms with E-state index in [0.29, 0.717) is 37.6 Å². The standard InChI is InChI=1S/C19H19NO5S/c21-19(25-17-4-2-1-3-5-17)11-8-16-6-9-18(10-7-16)26(22,23)20-12-14-24-15-13-20/h1-11H,12-15H2/b11-8+. The highest BCUT2D eigenvalue weighted by Crippen LogP contribution is 2.18. The van der Waals surface area contributed by atoms with Gasteiger partial charge in [-0.05, 0) is 35.9 Å². The Balaban J connectivity index is 1.64. The Kier molecular flexibility index (Phi) is 5.82. The number of rotatable bonds is 5. The van der Waals surface area contributed by atoms with Crippen LogP contribution in [0.5, 0.6) is 5.75 Å². The van der Waals surface area contributed by atoms with E-state index in [2.05, 4.69) is 0 Å². The van der Waals surface area contributed by atoms with E-state index in [9.17, 15) is 13.2 Å². The fourth-order valence-corrected chi connectivity index (χ4v) is 3.90. The summed E-state index contributed by atoms with van der Waals surface area (Å²) in [5.74, 6) is -0.0321. The molecule has 2 aromatic rings. The average Bonchev–Trinajstić information content (AvgIpc) is 2.68. The van der Waals surface area contributed by atoms with Crippen LogP contribution in [0.15, 0.2) is 65.6 Å². The van der Waals surface area contributed by atoms with Gasteiger partial charge >= 0.3 is 5.97 Å². The van der Waals surface area contributed by atoms with Crippen LogP contribution in [-0.4, -0.2) is 45.0 Å². The van der Waals surface area contributed by atoms with Crippen molar-refractivity contribution in [1.29, 1.82) is 0 Å². The van der Waals surface area contributed by atoms with Crippen LogP contribution in [0.4, 0.5) is 0 Å². The normalized spacial score (nSPS) is 15.8. The van der Waals surface area contributed by atoms with Gasteiger partial charge in [0.25, 0.3) is 0 Å². The lowest BCUT2D eigenvalue weighted by Crippen LogP contribution is -2.40. The molecule has 1 aliphatic heterocycles. The number of esters is 1. The average molecular weight is 373 g/mol. The number of ether oxygens (including phenoxy) is 2. The van der Waals surface area contributed by atoms with Crippen LogP contribution in [-0.2, 0) is 19.6 Å². The Hall–Kier alpha value is -2.48. The molecule has 1 aliphatic rings. The minimum Gasteiger partial charge on any atom is -0.423 e. The fourth-order valence-electron chi connectivity index (χ4n) is 2.49. The molecule has 6 nitrogen and oxygen atoms in total. The van der Waals surface area contributed by atoms with Crippen molar-refractivity contribution in [2.24, 2.45) is 0 Å². The molecule has 0 unspecified atom stereocenters. The zero-order chi connectivity index (χ0) is 18.4. The van der Waals surface area contributed by atoms with Crippen LogP contribution in [0, 0.1) is 0 Å². The topological polar surface area (TPSA) is 72.9 Å². The highest BCUT2D eigenvalue weighted by molar-refractivity contribution is 7.89. The largest absolute Gasteiger partial charge is 0.423 e. The van der Waals surface area contributed by atoms with Gasteiger partial charge in [0.1, 0.15) is 5.75 Å². The maximum absolute atomic E-state index is 12.5. The van der Waals surface area contributed by atoms with Crippen LogP contribution in [0.1, 0.15) is 5.56 Å². The summed E-state index contributed by atoms with van der Waals surface area (Å²) in [5, 5.41) is 0. The molecule has 0 amide bonds. The molecule has 0 atom stereocenters. The van der Waals surface area contributed by atoms with Gasteiger partial charge in [0, 0.05) is 19.2 Å². The van der Waals surface area contributed by atoms with E-state index in [1.165, 1.54) is 22.5 Å². The number of benzene rings is 2. The van der Waals surface area contributed by atoms with Gasteiger partial charge in [-0.25, -0.2) is 13.2 Å². The Morgan fingerprint density at radius 3 is 2.31 bits per heavy atom. The molecule has 0 radical (unpaired) electrons. The first-order valence-corrected chi connectivity index (χ1v) is 9.63. The summed E-state index contributed by atoms with van der Waals surface area (Å²) in [5.41, 5.74) is 0.705. The second-order valence-corrected chi connectivity index (χ2v) is 7.59. The van der Waals surface area contributed by atoms with E-state index in [-0.39, 0.29) is 4.90 Å². The lowest BCUT2D eigenvalue weighted by Gasteiger charge is -2.26. The molecule has 0 aliphatic carbocycles. The van der Waals surface area contributed by atoms with E-state index in [1.54, 1.807) is 42.5 Å². The SMILES string of the molecule is O=C(/C=C/c1ccc(S(=O)(=O)N2CCOCC2)cc1)Oc1ccccc1. The summed E-state index contributed by atoms with van der Waals surface area (Å²) < 4.78 is 36.8. The van der Waals surface area contributed by atoms with Crippen molar-refractivity contribution in [2.45, 2.75) is 4.90 Å². The summed E-state index contributed by atoms with van der Waals surface area (Å²) in [6, 6.07) is 15.1. The van der Waals surface area contributed by atoms with Crippen molar-refractivity contribution in [2.75, 3.05) is 26.3 Å². The van der Waals surface area contributed by atoms with Gasteiger partial charge in [0.15, 0.2) is 0 Å². The Bertz CT molecular complexity index is 870. The van der Waals surface area contributed by atoms with Crippen LogP contribution in [0.25, 0.3) is 6.08 Å².